The lowest BCUT2D eigenvalue weighted by Gasteiger charge is -2.26. The van der Waals surface area contributed by atoms with Gasteiger partial charge in [-0.2, -0.15) is 0 Å². The molecule has 7 nitrogen and oxygen atoms in total. The van der Waals surface area contributed by atoms with Crippen molar-refractivity contribution in [1.82, 2.24) is 18.9 Å². The van der Waals surface area contributed by atoms with Crippen molar-refractivity contribution in [3.05, 3.63) is 118 Å². The summed E-state index contributed by atoms with van der Waals surface area (Å²) in [4.78, 5) is 28.5. The van der Waals surface area contributed by atoms with E-state index in [0.29, 0.717) is 21.2 Å². The molecule has 4 aromatic rings. The maximum Gasteiger partial charge on any atom is 0.279 e. The fourth-order valence-corrected chi connectivity index (χ4v) is 5.35. The highest BCUT2D eigenvalue weighted by Gasteiger charge is 2.42. The minimum atomic E-state index is -0.255. The van der Waals surface area contributed by atoms with E-state index in [2.05, 4.69) is 33.3 Å². The van der Waals surface area contributed by atoms with Crippen LogP contribution in [0.15, 0.2) is 95.3 Å². The van der Waals surface area contributed by atoms with E-state index in [9.17, 15) is 9.59 Å². The maximum atomic E-state index is 14.2. The molecule has 7 heteroatoms. The quantitative estimate of drug-likeness (QED) is 0.280. The number of hydrogen-bond acceptors (Lipinski definition) is 3. The van der Waals surface area contributed by atoms with Gasteiger partial charge in [0.05, 0.1) is 44.1 Å². The van der Waals surface area contributed by atoms with Crippen LogP contribution in [0.2, 0.25) is 0 Å². The predicted octanol–water partition coefficient (Wildman–Crippen LogP) is 4.77. The summed E-state index contributed by atoms with van der Waals surface area (Å²) in [6, 6.07) is 27.2. The molecule has 5 rings (SSSR count). The monoisotopic (exact) mass is 522 g/mol. The standard InChI is InChI=1S/C32H36N5O2/c1-22-28(31(38)35(33(22)3)25-14-10-8-11-15-25)30(24-18-20-27(21-19-24)37(5,6)7)29-23(2)34(4)36(32(29)39)26-16-12-9-13-17-26/h8-22H,1-7H3/q+1. The van der Waals surface area contributed by atoms with Crippen molar-refractivity contribution < 1.29 is 4.79 Å². The summed E-state index contributed by atoms with van der Waals surface area (Å²) in [5.41, 5.74) is 6.00. The zero-order valence-electron chi connectivity index (χ0n) is 23.7. The number of benzene rings is 3. The van der Waals surface area contributed by atoms with Crippen LogP contribution in [-0.4, -0.2) is 54.5 Å². The Hall–Kier alpha value is -4.20. The van der Waals surface area contributed by atoms with Gasteiger partial charge in [0.1, 0.15) is 5.69 Å². The molecule has 1 atom stereocenters. The van der Waals surface area contributed by atoms with Gasteiger partial charge in [-0.05, 0) is 67.9 Å². The Morgan fingerprint density at radius 3 is 1.85 bits per heavy atom. The molecule has 1 fully saturated rings. The maximum absolute atomic E-state index is 14.2. The number of likely N-dealkylation sites (N-methyl/N-ethyl adjacent to an activating group) is 1. The second-order valence-electron chi connectivity index (χ2n) is 11.0. The first kappa shape index (κ1) is 26.4. The van der Waals surface area contributed by atoms with Gasteiger partial charge in [0.25, 0.3) is 11.5 Å². The van der Waals surface area contributed by atoms with Gasteiger partial charge in [-0.15, -0.1) is 0 Å². The predicted molar refractivity (Wildman–Crippen MR) is 159 cm³/mol. The van der Waals surface area contributed by atoms with E-state index in [4.69, 9.17) is 0 Å². The normalized spacial score (nSPS) is 17.7. The number of carbonyl (C=O) groups excluding carboxylic acids is 1. The highest BCUT2D eigenvalue weighted by Crippen LogP contribution is 2.38. The SMILES string of the molecule is Cc1c(C(=C2C(=O)N(c3ccccc3)N(C)C2C)c2ccc([N+](C)(C)C)cc2)c(=O)n(-c2ccccc2)n1C. The van der Waals surface area contributed by atoms with Crippen molar-refractivity contribution in [3.63, 3.8) is 0 Å². The molecular formula is C32H36N5O2+. The van der Waals surface area contributed by atoms with Gasteiger partial charge in [-0.3, -0.25) is 18.8 Å². The molecule has 1 aliphatic rings. The van der Waals surface area contributed by atoms with Gasteiger partial charge in [0.2, 0.25) is 0 Å². The number of amides is 1. The van der Waals surface area contributed by atoms with Crippen LogP contribution in [0, 0.1) is 6.92 Å². The van der Waals surface area contributed by atoms with E-state index in [1.54, 1.807) is 9.69 Å². The van der Waals surface area contributed by atoms with Gasteiger partial charge in [-0.25, -0.2) is 14.7 Å². The van der Waals surface area contributed by atoms with Crippen LogP contribution in [0.3, 0.4) is 0 Å². The highest BCUT2D eigenvalue weighted by atomic mass is 16.2. The molecule has 0 saturated carbocycles. The molecule has 39 heavy (non-hydrogen) atoms. The summed E-state index contributed by atoms with van der Waals surface area (Å²) in [7, 11) is 10.1. The summed E-state index contributed by atoms with van der Waals surface area (Å²) in [6.45, 7) is 3.96. The van der Waals surface area contributed by atoms with Gasteiger partial charge < -0.3 is 0 Å². The highest BCUT2D eigenvalue weighted by molar-refractivity contribution is 6.15. The minimum absolute atomic E-state index is 0.129. The van der Waals surface area contributed by atoms with E-state index in [1.807, 2.05) is 110 Å². The molecule has 0 aliphatic carbocycles. The largest absolute Gasteiger partial charge is 0.298 e. The zero-order valence-corrected chi connectivity index (χ0v) is 23.7. The Morgan fingerprint density at radius 2 is 1.31 bits per heavy atom. The number of hydrazine groups is 1. The van der Waals surface area contributed by atoms with Gasteiger partial charge >= 0.3 is 0 Å². The number of nitrogens with zero attached hydrogens (tertiary/aromatic N) is 5. The third-order valence-electron chi connectivity index (χ3n) is 7.72. The van der Waals surface area contributed by atoms with Crippen molar-refractivity contribution in [2.45, 2.75) is 19.9 Å². The van der Waals surface area contributed by atoms with Gasteiger partial charge in [0.15, 0.2) is 0 Å². The summed E-state index contributed by atoms with van der Waals surface area (Å²) < 4.78 is 4.21. The Bertz CT molecular complexity index is 1610. The first-order valence-corrected chi connectivity index (χ1v) is 13.2. The number of anilines is 1. The van der Waals surface area contributed by atoms with Crippen LogP contribution in [0.5, 0.6) is 0 Å². The van der Waals surface area contributed by atoms with E-state index >= 15 is 0 Å². The lowest BCUT2D eigenvalue weighted by Crippen LogP contribution is -2.38. The third-order valence-corrected chi connectivity index (χ3v) is 7.72. The molecule has 0 radical (unpaired) electrons. The van der Waals surface area contributed by atoms with Crippen molar-refractivity contribution >= 4 is 22.9 Å². The van der Waals surface area contributed by atoms with Crippen molar-refractivity contribution in [3.8, 4) is 5.69 Å². The molecule has 200 valence electrons. The number of quaternary nitrogens is 1. The smallest absolute Gasteiger partial charge is 0.279 e. The van der Waals surface area contributed by atoms with Crippen LogP contribution in [-0.2, 0) is 11.8 Å². The Morgan fingerprint density at radius 1 is 0.769 bits per heavy atom. The van der Waals surface area contributed by atoms with E-state index < -0.39 is 0 Å². The Balaban J connectivity index is 1.81. The number of aromatic nitrogens is 2. The summed E-state index contributed by atoms with van der Waals surface area (Å²) in [5.74, 6) is -0.129. The first-order valence-electron chi connectivity index (χ1n) is 13.2. The summed E-state index contributed by atoms with van der Waals surface area (Å²) in [5, 5.41) is 3.65. The number of para-hydroxylation sites is 2. The molecule has 1 saturated heterocycles. The fraction of sp³-hybridized carbons (Fsp3) is 0.250. The van der Waals surface area contributed by atoms with Crippen LogP contribution >= 0.6 is 0 Å². The van der Waals surface area contributed by atoms with Gasteiger partial charge in [0, 0.05) is 30.9 Å². The molecule has 2 heterocycles. The second kappa shape index (κ2) is 9.84. The molecule has 1 aliphatic heterocycles. The lowest BCUT2D eigenvalue weighted by molar-refractivity contribution is -0.115. The molecular weight excluding hydrogens is 486 g/mol. The number of carbonyl (C=O) groups is 1. The number of rotatable bonds is 5. The number of hydrogen-bond donors (Lipinski definition) is 0. The summed E-state index contributed by atoms with van der Waals surface area (Å²) >= 11 is 0. The van der Waals surface area contributed by atoms with E-state index in [0.717, 1.165) is 28.3 Å². The van der Waals surface area contributed by atoms with E-state index in [1.165, 1.54) is 0 Å². The molecule has 1 aromatic heterocycles. The van der Waals surface area contributed by atoms with Gasteiger partial charge in [-0.1, -0.05) is 36.4 Å². The van der Waals surface area contributed by atoms with Crippen LogP contribution in [0.25, 0.3) is 11.3 Å². The summed E-state index contributed by atoms with van der Waals surface area (Å²) in [6.07, 6.45) is 0. The van der Waals surface area contributed by atoms with Crippen molar-refractivity contribution in [1.29, 1.82) is 0 Å². The van der Waals surface area contributed by atoms with Crippen LogP contribution in [0.1, 0.15) is 23.7 Å². The molecule has 0 spiro atoms. The van der Waals surface area contributed by atoms with Crippen molar-refractivity contribution in [2.24, 2.45) is 7.05 Å². The first-order chi connectivity index (χ1) is 18.5. The molecule has 0 bridgehead atoms. The Labute approximate surface area is 230 Å². The zero-order chi connectivity index (χ0) is 28.1. The van der Waals surface area contributed by atoms with E-state index in [-0.39, 0.29) is 17.5 Å². The molecule has 3 aromatic carbocycles. The lowest BCUT2D eigenvalue weighted by atomic mass is 9.90. The third kappa shape index (κ3) is 4.43. The van der Waals surface area contributed by atoms with Crippen molar-refractivity contribution in [2.75, 3.05) is 33.2 Å². The topological polar surface area (TPSA) is 50.5 Å². The molecule has 0 N–H and O–H groups in total. The molecule has 1 unspecified atom stereocenters. The molecule has 1 amide bonds. The Kier molecular flexibility index (Phi) is 6.66. The minimum Gasteiger partial charge on any atom is -0.298 e. The average molecular weight is 523 g/mol. The second-order valence-corrected chi connectivity index (χ2v) is 11.0. The fourth-order valence-electron chi connectivity index (χ4n) is 5.35. The van der Waals surface area contributed by atoms with Crippen LogP contribution < -0.4 is 15.1 Å². The van der Waals surface area contributed by atoms with Crippen LogP contribution in [0.4, 0.5) is 11.4 Å². The average Bonchev–Trinajstić information content (AvgIpc) is 3.28.